The zero-order chi connectivity index (χ0) is 12.8. The molecule has 0 bridgehead atoms. The van der Waals surface area contributed by atoms with Crippen LogP contribution in [-0.2, 0) is 9.47 Å². The van der Waals surface area contributed by atoms with Crippen molar-refractivity contribution in [2.45, 2.75) is 19.4 Å². The largest absolute Gasteiger partial charge is 0.381 e. The molecule has 0 saturated carbocycles. The van der Waals surface area contributed by atoms with Gasteiger partial charge in [-0.25, -0.2) is 0 Å². The normalized spacial score (nSPS) is 21.1. The Hall–Kier alpha value is -0.900. The Balaban J connectivity index is 1.81. The van der Waals surface area contributed by atoms with E-state index >= 15 is 0 Å². The van der Waals surface area contributed by atoms with Crippen molar-refractivity contribution in [3.63, 3.8) is 0 Å². The molecular weight excluding hydrogens is 226 g/mol. The number of rotatable bonds is 6. The molecule has 1 heterocycles. The smallest absolute Gasteiger partial charge is 0.0661 e. The summed E-state index contributed by atoms with van der Waals surface area (Å²) in [5.41, 5.74) is 2.58. The van der Waals surface area contributed by atoms with E-state index in [1.807, 2.05) is 7.05 Å². The Kier molecular flexibility index (Phi) is 5.17. The number of hydrogen-bond acceptors (Lipinski definition) is 3. The Morgan fingerprint density at radius 2 is 2.39 bits per heavy atom. The van der Waals surface area contributed by atoms with Crippen LogP contribution in [0.3, 0.4) is 0 Å². The Bertz CT molecular complexity index is 361. The van der Waals surface area contributed by atoms with Crippen LogP contribution in [-0.4, -0.2) is 33.5 Å². The van der Waals surface area contributed by atoms with Crippen molar-refractivity contribution in [1.82, 2.24) is 5.32 Å². The van der Waals surface area contributed by atoms with Crippen molar-refractivity contribution in [1.29, 1.82) is 0 Å². The standard InChI is InChI=1S/C15H23NO2/c1-12-4-3-5-14(8-12)15(16-2)11-18-10-13-6-7-17-9-13/h3-5,8,13,15-16H,6-7,9-11H2,1-2H3. The molecule has 1 saturated heterocycles. The molecule has 1 aromatic rings. The Morgan fingerprint density at radius 1 is 1.50 bits per heavy atom. The maximum atomic E-state index is 5.82. The second-order valence-corrected chi connectivity index (χ2v) is 5.02. The zero-order valence-electron chi connectivity index (χ0n) is 11.3. The number of aryl methyl sites for hydroxylation is 1. The molecule has 0 amide bonds. The van der Waals surface area contributed by atoms with Gasteiger partial charge in [-0.05, 0) is 26.0 Å². The predicted molar refractivity (Wildman–Crippen MR) is 72.7 cm³/mol. The van der Waals surface area contributed by atoms with Gasteiger partial charge in [0.2, 0.25) is 0 Å². The zero-order valence-corrected chi connectivity index (χ0v) is 11.3. The van der Waals surface area contributed by atoms with E-state index in [9.17, 15) is 0 Å². The molecule has 0 spiro atoms. The Morgan fingerprint density at radius 3 is 3.06 bits per heavy atom. The van der Waals surface area contributed by atoms with Crippen molar-refractivity contribution in [2.24, 2.45) is 5.92 Å². The van der Waals surface area contributed by atoms with Crippen LogP contribution in [0, 0.1) is 12.8 Å². The third kappa shape index (κ3) is 3.80. The SMILES string of the molecule is CNC(COCC1CCOC1)c1cccc(C)c1. The van der Waals surface area contributed by atoms with Crippen molar-refractivity contribution in [2.75, 3.05) is 33.5 Å². The molecule has 18 heavy (non-hydrogen) atoms. The van der Waals surface area contributed by atoms with E-state index in [0.29, 0.717) is 5.92 Å². The maximum absolute atomic E-state index is 5.82. The molecule has 2 unspecified atom stereocenters. The fourth-order valence-electron chi connectivity index (χ4n) is 2.30. The molecule has 0 aromatic heterocycles. The highest BCUT2D eigenvalue weighted by Crippen LogP contribution is 2.17. The van der Waals surface area contributed by atoms with Crippen molar-refractivity contribution < 1.29 is 9.47 Å². The van der Waals surface area contributed by atoms with Crippen LogP contribution in [0.1, 0.15) is 23.6 Å². The van der Waals surface area contributed by atoms with Crippen LogP contribution in [0.2, 0.25) is 0 Å². The highest BCUT2D eigenvalue weighted by Gasteiger charge is 2.17. The molecule has 3 heteroatoms. The number of nitrogens with one attached hydrogen (secondary N) is 1. The van der Waals surface area contributed by atoms with Gasteiger partial charge < -0.3 is 14.8 Å². The fraction of sp³-hybridized carbons (Fsp3) is 0.600. The molecule has 100 valence electrons. The summed E-state index contributed by atoms with van der Waals surface area (Å²) in [6, 6.07) is 8.85. The third-order valence-corrected chi connectivity index (χ3v) is 3.46. The van der Waals surface area contributed by atoms with Crippen molar-refractivity contribution in [3.05, 3.63) is 35.4 Å². The van der Waals surface area contributed by atoms with E-state index < -0.39 is 0 Å². The van der Waals surface area contributed by atoms with Gasteiger partial charge in [0.1, 0.15) is 0 Å². The summed E-state index contributed by atoms with van der Waals surface area (Å²) >= 11 is 0. The molecule has 3 nitrogen and oxygen atoms in total. The van der Waals surface area contributed by atoms with Crippen LogP contribution in [0.25, 0.3) is 0 Å². The highest BCUT2D eigenvalue weighted by molar-refractivity contribution is 5.25. The van der Waals surface area contributed by atoms with Gasteiger partial charge >= 0.3 is 0 Å². The Labute approximate surface area is 109 Å². The summed E-state index contributed by atoms with van der Waals surface area (Å²) in [6.07, 6.45) is 1.13. The summed E-state index contributed by atoms with van der Waals surface area (Å²) < 4.78 is 11.2. The average molecular weight is 249 g/mol. The molecular formula is C15H23NO2. The average Bonchev–Trinajstić information content (AvgIpc) is 2.88. The van der Waals surface area contributed by atoms with Gasteiger partial charge in [0.05, 0.1) is 25.9 Å². The molecule has 1 fully saturated rings. The van der Waals surface area contributed by atoms with Gasteiger partial charge in [-0.3, -0.25) is 0 Å². The van der Waals surface area contributed by atoms with Gasteiger partial charge in [-0.15, -0.1) is 0 Å². The van der Waals surface area contributed by atoms with Gasteiger partial charge in [-0.1, -0.05) is 29.8 Å². The fourth-order valence-corrected chi connectivity index (χ4v) is 2.30. The first kappa shape index (κ1) is 13.5. The quantitative estimate of drug-likeness (QED) is 0.839. The third-order valence-electron chi connectivity index (χ3n) is 3.46. The minimum atomic E-state index is 0.271. The first-order chi connectivity index (χ1) is 8.79. The second kappa shape index (κ2) is 6.88. The van der Waals surface area contributed by atoms with E-state index in [0.717, 1.165) is 32.8 Å². The monoisotopic (exact) mass is 249 g/mol. The highest BCUT2D eigenvalue weighted by atomic mass is 16.5. The predicted octanol–water partition coefficient (Wildman–Crippen LogP) is 2.31. The summed E-state index contributed by atoms with van der Waals surface area (Å²) in [7, 11) is 1.98. The van der Waals surface area contributed by atoms with Crippen molar-refractivity contribution in [3.8, 4) is 0 Å². The van der Waals surface area contributed by atoms with Crippen LogP contribution < -0.4 is 5.32 Å². The minimum absolute atomic E-state index is 0.271. The summed E-state index contributed by atoms with van der Waals surface area (Å²) in [4.78, 5) is 0. The lowest BCUT2D eigenvalue weighted by atomic mass is 10.1. The van der Waals surface area contributed by atoms with Gasteiger partial charge in [0, 0.05) is 12.5 Å². The lowest BCUT2D eigenvalue weighted by Crippen LogP contribution is -2.23. The van der Waals surface area contributed by atoms with E-state index in [1.54, 1.807) is 0 Å². The number of likely N-dealkylation sites (N-methyl/N-ethyl adjacent to an activating group) is 1. The first-order valence-corrected chi connectivity index (χ1v) is 6.69. The molecule has 2 atom stereocenters. The van der Waals surface area contributed by atoms with Crippen LogP contribution in [0.5, 0.6) is 0 Å². The molecule has 1 aliphatic rings. The first-order valence-electron chi connectivity index (χ1n) is 6.69. The van der Waals surface area contributed by atoms with Crippen molar-refractivity contribution >= 4 is 0 Å². The van der Waals surface area contributed by atoms with Gasteiger partial charge in [0.15, 0.2) is 0 Å². The molecule has 1 aliphatic heterocycles. The van der Waals surface area contributed by atoms with E-state index in [1.165, 1.54) is 11.1 Å². The number of ether oxygens (including phenoxy) is 2. The molecule has 1 N–H and O–H groups in total. The van der Waals surface area contributed by atoms with E-state index in [2.05, 4.69) is 36.5 Å². The van der Waals surface area contributed by atoms with Gasteiger partial charge in [-0.2, -0.15) is 0 Å². The molecule has 0 aliphatic carbocycles. The second-order valence-electron chi connectivity index (χ2n) is 5.02. The lowest BCUT2D eigenvalue weighted by Gasteiger charge is -2.18. The summed E-state index contributed by atoms with van der Waals surface area (Å²) in [6.45, 7) is 5.39. The van der Waals surface area contributed by atoms with E-state index in [4.69, 9.17) is 9.47 Å². The van der Waals surface area contributed by atoms with E-state index in [-0.39, 0.29) is 6.04 Å². The summed E-state index contributed by atoms with van der Waals surface area (Å²) in [5.74, 6) is 0.583. The minimum Gasteiger partial charge on any atom is -0.381 e. The number of hydrogen-bond donors (Lipinski definition) is 1. The van der Waals surface area contributed by atoms with Crippen LogP contribution >= 0.6 is 0 Å². The molecule has 0 radical (unpaired) electrons. The lowest BCUT2D eigenvalue weighted by molar-refractivity contribution is 0.0758. The maximum Gasteiger partial charge on any atom is 0.0661 e. The molecule has 1 aromatic carbocycles. The van der Waals surface area contributed by atoms with Crippen LogP contribution in [0.15, 0.2) is 24.3 Å². The number of benzene rings is 1. The molecule has 2 rings (SSSR count). The van der Waals surface area contributed by atoms with Gasteiger partial charge in [0.25, 0.3) is 0 Å². The summed E-state index contributed by atoms with van der Waals surface area (Å²) in [5, 5.41) is 3.31. The van der Waals surface area contributed by atoms with Crippen LogP contribution in [0.4, 0.5) is 0 Å². The topological polar surface area (TPSA) is 30.5 Å².